The van der Waals surface area contributed by atoms with Crippen molar-refractivity contribution in [2.75, 3.05) is 11.3 Å². The molecule has 2 rings (SSSR count). The Labute approximate surface area is 129 Å². The molecule has 0 radical (unpaired) electrons. The zero-order valence-corrected chi connectivity index (χ0v) is 13.3. The van der Waals surface area contributed by atoms with Gasteiger partial charge >= 0.3 is 0 Å². The van der Waals surface area contributed by atoms with Crippen LogP contribution in [0.4, 0.5) is 5.69 Å². The van der Waals surface area contributed by atoms with Gasteiger partial charge in [0.25, 0.3) is 10.0 Å². The van der Waals surface area contributed by atoms with E-state index in [2.05, 4.69) is 20.2 Å². The Balaban J connectivity index is 2.30. The molecule has 1 heterocycles. The predicted molar refractivity (Wildman–Crippen MR) is 83.0 cm³/mol. The number of aromatic amines is 1. The molecule has 0 saturated heterocycles. The molecule has 0 saturated carbocycles. The highest BCUT2D eigenvalue weighted by atomic mass is 35.5. The van der Waals surface area contributed by atoms with Gasteiger partial charge in [0.15, 0.2) is 5.03 Å². The van der Waals surface area contributed by atoms with Gasteiger partial charge in [-0.1, -0.05) is 24.6 Å². The van der Waals surface area contributed by atoms with E-state index in [9.17, 15) is 8.42 Å². The first-order chi connectivity index (χ1) is 9.95. The van der Waals surface area contributed by atoms with E-state index in [-0.39, 0.29) is 5.03 Å². The van der Waals surface area contributed by atoms with E-state index in [4.69, 9.17) is 11.6 Å². The summed E-state index contributed by atoms with van der Waals surface area (Å²) >= 11 is 6.00. The molecule has 0 amide bonds. The molecule has 2 aromatic rings. The first-order valence-corrected chi connectivity index (χ1v) is 8.32. The summed E-state index contributed by atoms with van der Waals surface area (Å²) in [5.74, 6) is 0. The number of H-pyrrole nitrogens is 1. The summed E-state index contributed by atoms with van der Waals surface area (Å²) in [5.41, 5.74) is 1.71. The van der Waals surface area contributed by atoms with Crippen LogP contribution < -0.4 is 10.0 Å². The van der Waals surface area contributed by atoms with Crippen molar-refractivity contribution in [3.05, 3.63) is 40.5 Å². The average Bonchev–Trinajstić information content (AvgIpc) is 2.91. The molecular formula is C13H17ClN4O2S. The van der Waals surface area contributed by atoms with Gasteiger partial charge in [0, 0.05) is 17.1 Å². The van der Waals surface area contributed by atoms with Crippen molar-refractivity contribution in [2.24, 2.45) is 0 Å². The lowest BCUT2D eigenvalue weighted by Crippen LogP contribution is -2.19. The maximum atomic E-state index is 12.5. The van der Waals surface area contributed by atoms with E-state index in [0.29, 0.717) is 28.4 Å². The Morgan fingerprint density at radius 1 is 1.38 bits per heavy atom. The minimum atomic E-state index is -3.74. The lowest BCUT2D eigenvalue weighted by molar-refractivity contribution is 0.594. The summed E-state index contributed by atoms with van der Waals surface area (Å²) in [7, 11) is -3.74. The predicted octanol–water partition coefficient (Wildman–Crippen LogP) is 2.28. The highest BCUT2D eigenvalue weighted by Gasteiger charge is 2.21. The van der Waals surface area contributed by atoms with Crippen LogP contribution in [0, 0.1) is 6.92 Å². The molecule has 0 spiro atoms. The summed E-state index contributed by atoms with van der Waals surface area (Å²) < 4.78 is 27.4. The number of nitrogens with zero attached hydrogens (tertiary/aromatic N) is 1. The molecule has 6 nitrogen and oxygen atoms in total. The molecule has 0 bridgehead atoms. The molecule has 0 fully saturated rings. The molecule has 21 heavy (non-hydrogen) atoms. The zero-order valence-electron chi connectivity index (χ0n) is 11.8. The number of sulfonamides is 1. The van der Waals surface area contributed by atoms with Gasteiger partial charge in [0.1, 0.15) is 0 Å². The van der Waals surface area contributed by atoms with Crippen LogP contribution >= 0.6 is 11.6 Å². The van der Waals surface area contributed by atoms with Gasteiger partial charge in [-0.05, 0) is 31.2 Å². The van der Waals surface area contributed by atoms with E-state index >= 15 is 0 Å². The molecule has 1 aromatic heterocycles. The third kappa shape index (κ3) is 3.55. The van der Waals surface area contributed by atoms with Crippen LogP contribution in [-0.2, 0) is 16.6 Å². The van der Waals surface area contributed by atoms with Gasteiger partial charge in [-0.3, -0.25) is 9.82 Å². The van der Waals surface area contributed by atoms with Gasteiger partial charge in [-0.25, -0.2) is 0 Å². The Morgan fingerprint density at radius 3 is 2.86 bits per heavy atom. The third-order valence-electron chi connectivity index (χ3n) is 3.02. The maximum absolute atomic E-state index is 12.5. The largest absolute Gasteiger partial charge is 0.313 e. The SMILES string of the molecule is CCNCc1cn[nH]c1S(=O)(=O)Nc1cccc(Cl)c1C. The van der Waals surface area contributed by atoms with Crippen LogP contribution in [0.25, 0.3) is 0 Å². The first kappa shape index (κ1) is 15.8. The normalized spacial score (nSPS) is 11.6. The minimum absolute atomic E-state index is 0.0582. The molecule has 0 unspecified atom stereocenters. The number of anilines is 1. The molecule has 0 aliphatic heterocycles. The number of benzene rings is 1. The zero-order chi connectivity index (χ0) is 15.5. The van der Waals surface area contributed by atoms with Crippen LogP contribution in [0.2, 0.25) is 5.02 Å². The number of hydrogen-bond donors (Lipinski definition) is 3. The number of hydrogen-bond acceptors (Lipinski definition) is 4. The second kappa shape index (κ2) is 6.46. The van der Waals surface area contributed by atoms with Gasteiger partial charge in [-0.2, -0.15) is 13.5 Å². The highest BCUT2D eigenvalue weighted by Crippen LogP contribution is 2.25. The highest BCUT2D eigenvalue weighted by molar-refractivity contribution is 7.92. The van der Waals surface area contributed by atoms with Crippen molar-refractivity contribution < 1.29 is 8.42 Å². The third-order valence-corrected chi connectivity index (χ3v) is 4.81. The van der Waals surface area contributed by atoms with Gasteiger partial charge in [-0.15, -0.1) is 0 Å². The van der Waals surface area contributed by atoms with E-state index in [1.165, 1.54) is 6.20 Å². The van der Waals surface area contributed by atoms with Crippen molar-refractivity contribution in [2.45, 2.75) is 25.4 Å². The second-order valence-electron chi connectivity index (χ2n) is 4.52. The summed E-state index contributed by atoms with van der Waals surface area (Å²) in [6, 6.07) is 5.07. The van der Waals surface area contributed by atoms with E-state index in [1.54, 1.807) is 25.1 Å². The molecule has 1 aromatic carbocycles. The number of aromatic nitrogens is 2. The van der Waals surface area contributed by atoms with Crippen molar-refractivity contribution in [3.8, 4) is 0 Å². The summed E-state index contributed by atoms with van der Waals surface area (Å²) in [6.45, 7) is 4.87. The van der Waals surface area contributed by atoms with Crippen molar-refractivity contribution in [1.29, 1.82) is 0 Å². The maximum Gasteiger partial charge on any atom is 0.279 e. The number of nitrogens with one attached hydrogen (secondary N) is 3. The molecular weight excluding hydrogens is 312 g/mol. The Bertz CT molecular complexity index is 728. The fourth-order valence-electron chi connectivity index (χ4n) is 1.83. The molecule has 114 valence electrons. The van der Waals surface area contributed by atoms with Crippen LogP contribution in [0.1, 0.15) is 18.1 Å². The Hall–Kier alpha value is -1.57. The van der Waals surface area contributed by atoms with E-state index < -0.39 is 10.0 Å². The molecule has 3 N–H and O–H groups in total. The standard InChI is InChI=1S/C13H17ClN4O2S/c1-3-15-7-10-8-16-17-13(10)21(19,20)18-12-6-4-5-11(14)9(12)2/h4-6,8,15,18H,3,7H2,1-2H3,(H,16,17). The van der Waals surface area contributed by atoms with E-state index in [1.807, 2.05) is 6.92 Å². The summed E-state index contributed by atoms with van der Waals surface area (Å²) in [6.07, 6.45) is 1.50. The summed E-state index contributed by atoms with van der Waals surface area (Å²) in [5, 5.41) is 9.99. The van der Waals surface area contributed by atoms with Crippen LogP contribution in [0.15, 0.2) is 29.4 Å². The number of rotatable bonds is 6. The van der Waals surface area contributed by atoms with Gasteiger partial charge < -0.3 is 5.32 Å². The quantitative estimate of drug-likeness (QED) is 0.759. The fraction of sp³-hybridized carbons (Fsp3) is 0.308. The molecule has 0 aliphatic rings. The smallest absolute Gasteiger partial charge is 0.279 e. The second-order valence-corrected chi connectivity index (χ2v) is 6.55. The van der Waals surface area contributed by atoms with Crippen LogP contribution in [0.3, 0.4) is 0 Å². The molecule has 8 heteroatoms. The molecule has 0 atom stereocenters. The lowest BCUT2D eigenvalue weighted by atomic mass is 10.2. The number of halogens is 1. The summed E-state index contributed by atoms with van der Waals surface area (Å²) in [4.78, 5) is 0. The van der Waals surface area contributed by atoms with E-state index in [0.717, 1.165) is 6.54 Å². The average molecular weight is 329 g/mol. The first-order valence-electron chi connectivity index (χ1n) is 6.46. The van der Waals surface area contributed by atoms with Gasteiger partial charge in [0.05, 0.1) is 11.9 Å². The van der Waals surface area contributed by atoms with Crippen LogP contribution in [-0.4, -0.2) is 25.2 Å². The van der Waals surface area contributed by atoms with Crippen molar-refractivity contribution in [1.82, 2.24) is 15.5 Å². The topological polar surface area (TPSA) is 86.9 Å². The lowest BCUT2D eigenvalue weighted by Gasteiger charge is -2.11. The minimum Gasteiger partial charge on any atom is -0.313 e. The monoisotopic (exact) mass is 328 g/mol. The Morgan fingerprint density at radius 2 is 2.14 bits per heavy atom. The van der Waals surface area contributed by atoms with Crippen molar-refractivity contribution in [3.63, 3.8) is 0 Å². The van der Waals surface area contributed by atoms with Crippen molar-refractivity contribution >= 4 is 27.3 Å². The Kier molecular flexibility index (Phi) is 4.87. The van der Waals surface area contributed by atoms with Crippen LogP contribution in [0.5, 0.6) is 0 Å². The van der Waals surface area contributed by atoms with Gasteiger partial charge in [0.2, 0.25) is 0 Å². The molecule has 0 aliphatic carbocycles. The fourth-order valence-corrected chi connectivity index (χ4v) is 3.26.